The average molecular weight is 424 g/mol. The second kappa shape index (κ2) is 11.5. The molecule has 2 aromatic rings. The fourth-order valence-corrected chi connectivity index (χ4v) is 1.94. The van der Waals surface area contributed by atoms with Crippen LogP contribution in [0.1, 0.15) is 38.9 Å². The van der Waals surface area contributed by atoms with Gasteiger partial charge in [-0.15, -0.1) is 0 Å². The van der Waals surface area contributed by atoms with Gasteiger partial charge >= 0.3 is 19.2 Å². The SMILES string of the molecule is CCOc1cc(C(=O)O)c(C)c(C(=O)O)c1OC.Cc1cn[nH]n1.F[B-](F)(F)F. The lowest BCUT2D eigenvalue weighted by molar-refractivity contribution is 0.0691. The van der Waals surface area contributed by atoms with Gasteiger partial charge in [0.15, 0.2) is 11.5 Å². The Balaban J connectivity index is 0.000000578. The summed E-state index contributed by atoms with van der Waals surface area (Å²) in [7, 11) is -4.69. The number of rotatable bonds is 5. The molecule has 0 unspecified atom stereocenters. The Morgan fingerprint density at radius 3 is 2.00 bits per heavy atom. The Bertz CT molecular complexity index is 809. The second-order valence-corrected chi connectivity index (χ2v) is 5.11. The molecule has 1 aromatic carbocycles. The predicted octanol–water partition coefficient (Wildman–Crippen LogP) is 3.21. The van der Waals surface area contributed by atoms with E-state index < -0.39 is 19.2 Å². The molecule has 0 fully saturated rings. The topological polar surface area (TPSA) is 135 Å². The van der Waals surface area contributed by atoms with Crippen molar-refractivity contribution in [1.82, 2.24) is 15.4 Å². The van der Waals surface area contributed by atoms with Crippen LogP contribution in [0, 0.1) is 13.8 Å². The molecule has 0 aliphatic rings. The summed E-state index contributed by atoms with van der Waals surface area (Å²) < 4.78 is 49.2. The van der Waals surface area contributed by atoms with Gasteiger partial charge in [-0.1, -0.05) is 0 Å². The summed E-state index contributed by atoms with van der Waals surface area (Å²) in [5.74, 6) is -2.32. The highest BCUT2D eigenvalue weighted by atomic mass is 19.5. The Morgan fingerprint density at radius 1 is 1.17 bits per heavy atom. The number of H-pyrrole nitrogens is 1. The molecule has 0 spiro atoms. The summed E-state index contributed by atoms with van der Waals surface area (Å²) in [4.78, 5) is 22.3. The van der Waals surface area contributed by atoms with Crippen LogP contribution in [0.4, 0.5) is 17.3 Å². The lowest BCUT2D eigenvalue weighted by atomic mass is 10.0. The quantitative estimate of drug-likeness (QED) is 0.492. The molecule has 0 aliphatic carbocycles. The molecule has 1 heterocycles. The van der Waals surface area contributed by atoms with E-state index in [1.54, 1.807) is 13.1 Å². The number of hydrogen-bond acceptors (Lipinski definition) is 6. The number of nitrogens with zero attached hydrogens (tertiary/aromatic N) is 2. The molecular formula is C15H19BF4N3O6-. The van der Waals surface area contributed by atoms with Gasteiger partial charge in [0.1, 0.15) is 5.56 Å². The maximum Gasteiger partial charge on any atom is 0.673 e. The molecule has 0 saturated carbocycles. The van der Waals surface area contributed by atoms with E-state index in [0.717, 1.165) is 5.69 Å². The first-order valence-corrected chi connectivity index (χ1v) is 7.84. The molecule has 9 nitrogen and oxygen atoms in total. The molecule has 0 radical (unpaired) electrons. The molecule has 1 aromatic heterocycles. The van der Waals surface area contributed by atoms with Gasteiger partial charge in [0.05, 0.1) is 31.2 Å². The van der Waals surface area contributed by atoms with E-state index in [9.17, 15) is 26.9 Å². The highest BCUT2D eigenvalue weighted by Crippen LogP contribution is 2.36. The monoisotopic (exact) mass is 424 g/mol. The van der Waals surface area contributed by atoms with Crippen LogP contribution in [0.3, 0.4) is 0 Å². The van der Waals surface area contributed by atoms with Crippen LogP contribution < -0.4 is 9.47 Å². The number of aromatic carboxylic acids is 2. The van der Waals surface area contributed by atoms with E-state index in [1.165, 1.54) is 20.1 Å². The number of aromatic nitrogens is 3. The minimum Gasteiger partial charge on any atom is -0.492 e. The van der Waals surface area contributed by atoms with Gasteiger partial charge in [0, 0.05) is 0 Å². The highest BCUT2D eigenvalue weighted by molar-refractivity contribution is 6.50. The van der Waals surface area contributed by atoms with Crippen LogP contribution in [0.5, 0.6) is 11.5 Å². The van der Waals surface area contributed by atoms with Crippen LogP contribution in [0.15, 0.2) is 12.3 Å². The summed E-state index contributed by atoms with van der Waals surface area (Å²) in [6, 6.07) is 1.27. The minimum absolute atomic E-state index is 0.0341. The van der Waals surface area contributed by atoms with Crippen LogP contribution >= 0.6 is 0 Å². The third-order valence-corrected chi connectivity index (χ3v) is 2.99. The van der Waals surface area contributed by atoms with Crippen molar-refractivity contribution in [2.45, 2.75) is 20.8 Å². The Morgan fingerprint density at radius 2 is 1.72 bits per heavy atom. The molecule has 0 atom stereocenters. The number of halogens is 4. The lowest BCUT2D eigenvalue weighted by Gasteiger charge is -2.15. The summed E-state index contributed by atoms with van der Waals surface area (Å²) >= 11 is 0. The number of ether oxygens (including phenoxy) is 2. The largest absolute Gasteiger partial charge is 0.673 e. The summed E-state index contributed by atoms with van der Waals surface area (Å²) in [6.45, 7) is 5.28. The van der Waals surface area contributed by atoms with Crippen molar-refractivity contribution in [2.75, 3.05) is 13.7 Å². The van der Waals surface area contributed by atoms with E-state index in [0.29, 0.717) is 0 Å². The summed E-state index contributed by atoms with van der Waals surface area (Å²) in [5.41, 5.74) is 0.753. The van der Waals surface area contributed by atoms with E-state index in [-0.39, 0.29) is 34.8 Å². The zero-order chi connectivity index (χ0) is 22.8. The van der Waals surface area contributed by atoms with Crippen molar-refractivity contribution in [2.24, 2.45) is 0 Å². The van der Waals surface area contributed by atoms with E-state index in [1.807, 2.05) is 6.92 Å². The zero-order valence-corrected chi connectivity index (χ0v) is 15.9. The van der Waals surface area contributed by atoms with Crippen LogP contribution in [0.2, 0.25) is 0 Å². The molecule has 162 valence electrons. The van der Waals surface area contributed by atoms with Crippen molar-refractivity contribution in [3.8, 4) is 11.5 Å². The van der Waals surface area contributed by atoms with Gasteiger partial charge < -0.3 is 36.9 Å². The highest BCUT2D eigenvalue weighted by Gasteiger charge is 2.24. The number of methoxy groups -OCH3 is 1. The molecule has 14 heteroatoms. The Labute approximate surface area is 162 Å². The molecule has 0 saturated heterocycles. The fourth-order valence-electron chi connectivity index (χ4n) is 1.94. The fraction of sp³-hybridized carbons (Fsp3) is 0.333. The number of carboxylic acids is 2. The Kier molecular flexibility index (Phi) is 10.2. The van der Waals surface area contributed by atoms with Crippen molar-refractivity contribution < 1.29 is 46.5 Å². The van der Waals surface area contributed by atoms with Crippen molar-refractivity contribution in [3.63, 3.8) is 0 Å². The molecular weight excluding hydrogens is 405 g/mol. The normalized spacial score (nSPS) is 10.1. The summed E-state index contributed by atoms with van der Waals surface area (Å²) in [6.07, 6.45) is 1.67. The maximum absolute atomic E-state index is 11.2. The van der Waals surface area contributed by atoms with Gasteiger partial charge in [0.25, 0.3) is 0 Å². The number of aryl methyl sites for hydroxylation is 1. The van der Waals surface area contributed by atoms with Crippen molar-refractivity contribution >= 4 is 19.2 Å². The number of benzene rings is 1. The summed E-state index contributed by atoms with van der Waals surface area (Å²) in [5, 5.41) is 27.9. The number of aromatic amines is 1. The van der Waals surface area contributed by atoms with Crippen molar-refractivity contribution in [3.05, 3.63) is 34.6 Å². The first-order chi connectivity index (χ1) is 13.3. The number of carbonyl (C=O) groups is 2. The third kappa shape index (κ3) is 9.44. The molecule has 3 N–H and O–H groups in total. The number of carboxylic acid groups (broad SMARTS) is 2. The zero-order valence-electron chi connectivity index (χ0n) is 15.9. The number of nitrogens with one attached hydrogen (secondary N) is 1. The van der Waals surface area contributed by atoms with E-state index >= 15 is 0 Å². The third-order valence-electron chi connectivity index (χ3n) is 2.99. The first-order valence-electron chi connectivity index (χ1n) is 7.84. The molecule has 0 amide bonds. The minimum atomic E-state index is -6.00. The first kappa shape index (κ1) is 25.7. The van der Waals surface area contributed by atoms with Crippen molar-refractivity contribution in [1.29, 1.82) is 0 Å². The van der Waals surface area contributed by atoms with E-state index in [2.05, 4.69) is 15.4 Å². The van der Waals surface area contributed by atoms with Gasteiger partial charge in [0.2, 0.25) is 0 Å². The molecule has 29 heavy (non-hydrogen) atoms. The van der Waals surface area contributed by atoms with Gasteiger partial charge in [-0.05, 0) is 32.4 Å². The van der Waals surface area contributed by atoms with Gasteiger partial charge in [-0.3, -0.25) is 0 Å². The lowest BCUT2D eigenvalue weighted by Crippen LogP contribution is -2.11. The van der Waals surface area contributed by atoms with Gasteiger partial charge in [-0.25, -0.2) is 9.59 Å². The van der Waals surface area contributed by atoms with Crippen LogP contribution in [0.25, 0.3) is 0 Å². The molecule has 0 aliphatic heterocycles. The molecule has 0 bridgehead atoms. The predicted molar refractivity (Wildman–Crippen MR) is 94.1 cm³/mol. The number of hydrogen-bond donors (Lipinski definition) is 3. The second-order valence-electron chi connectivity index (χ2n) is 5.11. The van der Waals surface area contributed by atoms with Gasteiger partial charge in [-0.2, -0.15) is 15.4 Å². The van der Waals surface area contributed by atoms with E-state index in [4.69, 9.17) is 19.7 Å². The smallest absolute Gasteiger partial charge is 0.492 e. The maximum atomic E-state index is 11.2. The van der Waals surface area contributed by atoms with Crippen LogP contribution in [-0.2, 0) is 0 Å². The Hall–Kier alpha value is -3.32. The average Bonchev–Trinajstić information content (AvgIpc) is 3.05. The standard InChI is InChI=1S/C12H14O6.C3H5N3.BF4/c1-4-18-8-5-7(11(13)14)6(2)9(12(15)16)10(8)17-3;1-3-2-4-6-5-3;2-1(3,4)5/h5H,4H2,1-3H3,(H,13,14)(H,15,16);2H,1H3,(H,4,5,6);/q;;-1. The van der Waals surface area contributed by atoms with Crippen LogP contribution in [-0.4, -0.2) is 58.5 Å². The molecule has 2 rings (SSSR count).